The van der Waals surface area contributed by atoms with Crippen LogP contribution >= 0.6 is 0 Å². The minimum Gasteiger partial charge on any atom is -0.481 e. The second-order valence-electron chi connectivity index (χ2n) is 11.9. The van der Waals surface area contributed by atoms with Crippen molar-refractivity contribution < 1.29 is 37.3 Å². The van der Waals surface area contributed by atoms with Gasteiger partial charge in [0.15, 0.2) is 23.3 Å². The lowest BCUT2D eigenvalue weighted by Gasteiger charge is -2.20. The number of amides is 2. The summed E-state index contributed by atoms with van der Waals surface area (Å²) in [6.45, 7) is 7.14. The van der Waals surface area contributed by atoms with Crippen LogP contribution in [-0.4, -0.2) is 84.4 Å². The summed E-state index contributed by atoms with van der Waals surface area (Å²) in [5, 5.41) is 11.6. The van der Waals surface area contributed by atoms with Crippen LogP contribution in [0.2, 0.25) is 0 Å². The van der Waals surface area contributed by atoms with E-state index in [2.05, 4.69) is 41.2 Å². The van der Waals surface area contributed by atoms with Gasteiger partial charge in [-0.1, -0.05) is 0 Å². The predicted octanol–water partition coefficient (Wildman–Crippen LogP) is 3.25. The Morgan fingerprint density at radius 2 is 0.852 bits per heavy atom. The first-order chi connectivity index (χ1) is 25.5. The van der Waals surface area contributed by atoms with Crippen molar-refractivity contribution in [1.29, 1.82) is 0 Å². The van der Waals surface area contributed by atoms with Gasteiger partial charge in [-0.3, -0.25) is 9.59 Å². The number of nitrogens with one attached hydrogen (secondary N) is 4. The van der Waals surface area contributed by atoms with Crippen molar-refractivity contribution in [1.82, 2.24) is 19.9 Å². The van der Waals surface area contributed by atoms with E-state index >= 15 is 0 Å². The lowest BCUT2D eigenvalue weighted by molar-refractivity contribution is 0.0992. The summed E-state index contributed by atoms with van der Waals surface area (Å²) in [5.41, 5.74) is 23.0. The number of carbonyl (C=O) groups is 2. The normalized spacial score (nSPS) is 12.8. The summed E-state index contributed by atoms with van der Waals surface area (Å²) in [5.74, 6) is -1.94. The fourth-order valence-corrected chi connectivity index (χ4v) is 4.24. The molecule has 4 rings (SSSR count). The molecule has 0 aromatic carbocycles. The van der Waals surface area contributed by atoms with Crippen molar-refractivity contribution in [2.45, 2.75) is 51.9 Å². The highest BCUT2D eigenvalue weighted by atomic mass is 19.1. The van der Waals surface area contributed by atoms with E-state index in [0.717, 1.165) is 12.1 Å². The molecule has 18 nitrogen and oxygen atoms in total. The number of pyridine rings is 4. The van der Waals surface area contributed by atoms with E-state index in [1.807, 2.05) is 0 Å². The predicted molar refractivity (Wildman–Crippen MR) is 200 cm³/mol. The van der Waals surface area contributed by atoms with Crippen LogP contribution in [0.5, 0.6) is 23.5 Å². The van der Waals surface area contributed by atoms with Gasteiger partial charge in [-0.15, -0.1) is 0 Å². The second kappa shape index (κ2) is 19.0. The average Bonchev–Trinajstić information content (AvgIpc) is 3.13. The van der Waals surface area contributed by atoms with Crippen LogP contribution in [0.1, 0.15) is 48.4 Å². The third-order valence-corrected chi connectivity index (χ3v) is 7.71. The molecule has 0 radical (unpaired) electrons. The van der Waals surface area contributed by atoms with Crippen molar-refractivity contribution in [2.24, 2.45) is 22.9 Å². The van der Waals surface area contributed by atoms with Crippen molar-refractivity contribution in [2.75, 3.05) is 49.7 Å². The number of ether oxygens (including phenoxy) is 4. The molecule has 12 N–H and O–H groups in total. The fourth-order valence-electron chi connectivity index (χ4n) is 4.24. The fraction of sp³-hybridized carbons (Fsp3) is 0.353. The zero-order valence-electron chi connectivity index (χ0n) is 31.1. The van der Waals surface area contributed by atoms with Crippen LogP contribution in [0.25, 0.3) is 0 Å². The van der Waals surface area contributed by atoms with Gasteiger partial charge in [-0.2, -0.15) is 9.97 Å². The molecule has 4 atom stereocenters. The Kier molecular flexibility index (Phi) is 14.8. The van der Waals surface area contributed by atoms with Crippen LogP contribution in [-0.2, 0) is 0 Å². The topological polar surface area (TPSA) is 275 Å². The molecule has 2 amide bonds. The highest BCUT2D eigenvalue weighted by molar-refractivity contribution is 5.99. The number of rotatable bonds is 16. The molecule has 4 aromatic heterocycles. The molecule has 0 aliphatic rings. The van der Waals surface area contributed by atoms with E-state index in [9.17, 15) is 18.4 Å². The van der Waals surface area contributed by atoms with E-state index in [1.54, 1.807) is 52.0 Å². The molecule has 0 aliphatic heterocycles. The number of carbonyl (C=O) groups excluding carboxylic acids is 2. The second-order valence-corrected chi connectivity index (χ2v) is 11.9. The van der Waals surface area contributed by atoms with Crippen LogP contribution in [0.4, 0.5) is 43.4 Å². The van der Waals surface area contributed by atoms with Gasteiger partial charge in [-0.05, 0) is 39.8 Å². The molecule has 4 heterocycles. The lowest BCUT2D eigenvalue weighted by atomic mass is 10.1. The van der Waals surface area contributed by atoms with Crippen LogP contribution in [0.3, 0.4) is 0 Å². The smallest absolute Gasteiger partial charge is 0.252 e. The highest BCUT2D eigenvalue weighted by Crippen LogP contribution is 2.29. The number of hydrogen-bond acceptors (Lipinski definition) is 16. The SMILES string of the molecule is COc1cc(Nc2nc(N[C@@H](C)[C@@H](C)N)c(F)cc2C(N)=O)cc(OC)n1.COc1cc(Nc2nc(N[C@H](C)[C@H](C)N)c(F)cc2C(N)=O)cc(OC)n1. The zero-order chi connectivity index (χ0) is 40.3. The Balaban J connectivity index is 0.000000290. The molecule has 0 bridgehead atoms. The maximum absolute atomic E-state index is 14.3. The van der Waals surface area contributed by atoms with Crippen LogP contribution in [0.15, 0.2) is 36.4 Å². The first-order valence-electron chi connectivity index (χ1n) is 16.3. The monoisotopic (exact) mass is 756 g/mol. The number of methoxy groups -OCH3 is 4. The van der Waals surface area contributed by atoms with Crippen LogP contribution in [0, 0.1) is 11.6 Å². The Labute approximate surface area is 310 Å². The van der Waals surface area contributed by atoms with Gasteiger partial charge in [0.05, 0.1) is 50.9 Å². The lowest BCUT2D eigenvalue weighted by Crippen LogP contribution is -2.35. The number of nitrogens with two attached hydrogens (primary N) is 4. The molecule has 0 aliphatic carbocycles. The third kappa shape index (κ3) is 11.4. The van der Waals surface area contributed by atoms with Gasteiger partial charge < -0.3 is 63.1 Å². The molecule has 292 valence electrons. The molecule has 54 heavy (non-hydrogen) atoms. The van der Waals surface area contributed by atoms with Gasteiger partial charge in [0.2, 0.25) is 23.5 Å². The Bertz CT molecular complexity index is 1750. The number of halogens is 2. The van der Waals surface area contributed by atoms with Crippen molar-refractivity contribution >= 4 is 46.5 Å². The average molecular weight is 757 g/mol. The first-order valence-corrected chi connectivity index (χ1v) is 16.3. The van der Waals surface area contributed by atoms with Gasteiger partial charge in [0.25, 0.3) is 11.8 Å². The minimum atomic E-state index is -0.830. The van der Waals surface area contributed by atoms with E-state index in [-0.39, 0.29) is 82.1 Å². The van der Waals surface area contributed by atoms with Crippen LogP contribution < -0.4 is 63.1 Å². The van der Waals surface area contributed by atoms with Gasteiger partial charge >= 0.3 is 0 Å². The molecule has 0 saturated heterocycles. The molecule has 4 aromatic rings. The summed E-state index contributed by atoms with van der Waals surface area (Å²) in [7, 11) is 5.81. The molecule has 0 saturated carbocycles. The summed E-state index contributed by atoms with van der Waals surface area (Å²) >= 11 is 0. The minimum absolute atomic E-state index is 0.0553. The summed E-state index contributed by atoms with van der Waals surface area (Å²) in [6, 6.07) is 7.31. The summed E-state index contributed by atoms with van der Waals surface area (Å²) in [6.07, 6.45) is 0. The van der Waals surface area contributed by atoms with Crippen molar-refractivity contribution in [3.8, 4) is 23.5 Å². The third-order valence-electron chi connectivity index (χ3n) is 7.71. The number of primary amides is 2. The zero-order valence-corrected chi connectivity index (χ0v) is 31.1. The molecule has 0 unspecified atom stereocenters. The Hall–Kier alpha value is -6.28. The Morgan fingerprint density at radius 3 is 1.09 bits per heavy atom. The quantitative estimate of drug-likeness (QED) is 0.0815. The molecular formula is C34H46F2N12O6. The number of anilines is 6. The Morgan fingerprint density at radius 1 is 0.556 bits per heavy atom. The molecule has 0 fully saturated rings. The summed E-state index contributed by atoms with van der Waals surface area (Å²) < 4.78 is 49.1. The summed E-state index contributed by atoms with van der Waals surface area (Å²) in [4.78, 5) is 39.9. The van der Waals surface area contributed by atoms with Gasteiger partial charge in [0, 0.05) is 48.4 Å². The van der Waals surface area contributed by atoms with E-state index in [0.29, 0.717) is 11.4 Å². The standard InChI is InChI=1S/2C17H23FN6O3/c2*1-8(19)9(2)21-17-12(18)7-11(15(20)25)16(24-17)22-10-5-13(26-3)23-14(6-10)27-4/h2*5-9H,19H2,1-4H3,(H2,20,25)(H2,21,22,23,24)/t2*8-,9+/m10/s1. The molecule has 0 spiro atoms. The van der Waals surface area contributed by atoms with E-state index in [1.165, 1.54) is 28.4 Å². The number of nitrogens with zero attached hydrogens (tertiary/aromatic N) is 4. The van der Waals surface area contributed by atoms with E-state index in [4.69, 9.17) is 41.9 Å². The van der Waals surface area contributed by atoms with Crippen molar-refractivity contribution in [3.05, 3.63) is 59.2 Å². The highest BCUT2D eigenvalue weighted by Gasteiger charge is 2.21. The first kappa shape index (κ1) is 42.1. The number of aromatic nitrogens is 4. The number of hydrogen-bond donors (Lipinski definition) is 8. The molecular weight excluding hydrogens is 710 g/mol. The largest absolute Gasteiger partial charge is 0.481 e. The van der Waals surface area contributed by atoms with Gasteiger partial charge in [-0.25, -0.2) is 18.7 Å². The van der Waals surface area contributed by atoms with E-state index < -0.39 is 23.4 Å². The maximum Gasteiger partial charge on any atom is 0.252 e. The van der Waals surface area contributed by atoms with Gasteiger partial charge in [0.1, 0.15) is 11.6 Å². The van der Waals surface area contributed by atoms with Crippen molar-refractivity contribution in [3.63, 3.8) is 0 Å². The molecule has 20 heteroatoms. The maximum atomic E-state index is 14.3.